The number of nitrogens with zero attached hydrogens (tertiary/aromatic N) is 2. The Morgan fingerprint density at radius 2 is 2.15 bits per heavy atom. The van der Waals surface area contributed by atoms with E-state index in [1.54, 1.807) is 18.2 Å². The van der Waals surface area contributed by atoms with Crippen molar-refractivity contribution in [2.75, 3.05) is 0 Å². The third kappa shape index (κ3) is 3.15. The van der Waals surface area contributed by atoms with E-state index < -0.39 is 17.6 Å². The maximum Gasteiger partial charge on any atom is 0.419 e. The molecular weight excluding hydrogens is 273 g/mol. The Morgan fingerprint density at radius 1 is 1.40 bits per heavy atom. The highest BCUT2D eigenvalue weighted by molar-refractivity contribution is 5.93. The number of nitrogen functional groups attached to an aromatic ring is 1. The van der Waals surface area contributed by atoms with Gasteiger partial charge in [-0.15, -0.1) is 0 Å². The Labute approximate surface area is 112 Å². The molecule has 0 aliphatic rings. The van der Waals surface area contributed by atoms with Crippen molar-refractivity contribution in [1.29, 1.82) is 0 Å². The van der Waals surface area contributed by atoms with Gasteiger partial charge in [-0.05, 0) is 17.7 Å². The third-order valence-electron chi connectivity index (χ3n) is 2.63. The zero-order chi connectivity index (χ0) is 14.8. The number of nitrogens with two attached hydrogens (primary N) is 1. The molecule has 2 aromatic rings. The molecule has 3 N–H and O–H groups in total. The number of carbonyl (C=O) groups is 1. The van der Waals surface area contributed by atoms with Crippen LogP contribution < -0.4 is 11.3 Å². The van der Waals surface area contributed by atoms with Gasteiger partial charge in [-0.3, -0.25) is 14.9 Å². The number of alkyl halides is 3. The molecule has 0 atom stereocenters. The molecule has 0 aliphatic heterocycles. The van der Waals surface area contributed by atoms with Crippen molar-refractivity contribution in [1.82, 2.24) is 15.2 Å². The van der Waals surface area contributed by atoms with Crippen molar-refractivity contribution in [3.8, 4) is 0 Å². The molecule has 0 spiro atoms. The van der Waals surface area contributed by atoms with Gasteiger partial charge in [0.25, 0.3) is 5.91 Å². The molecule has 0 radical (unpaired) electrons. The minimum absolute atomic E-state index is 0.127. The first-order valence-electron chi connectivity index (χ1n) is 5.59. The zero-order valence-corrected chi connectivity index (χ0v) is 10.2. The second-order valence-corrected chi connectivity index (χ2v) is 4.10. The largest absolute Gasteiger partial charge is 0.419 e. The van der Waals surface area contributed by atoms with E-state index in [4.69, 9.17) is 5.84 Å². The van der Waals surface area contributed by atoms with Crippen LogP contribution in [-0.2, 0) is 12.7 Å². The van der Waals surface area contributed by atoms with Crippen LogP contribution in [0.25, 0.3) is 0 Å². The van der Waals surface area contributed by atoms with Gasteiger partial charge in [0.15, 0.2) is 0 Å². The maximum atomic E-state index is 12.4. The van der Waals surface area contributed by atoms with Gasteiger partial charge in [0, 0.05) is 11.8 Å². The first kappa shape index (κ1) is 14.1. The topological polar surface area (TPSA) is 72.9 Å². The summed E-state index contributed by atoms with van der Waals surface area (Å²) < 4.78 is 38.5. The molecule has 1 aromatic heterocycles. The number of hydrogen-bond donors (Lipinski definition) is 2. The van der Waals surface area contributed by atoms with Crippen LogP contribution in [0.5, 0.6) is 0 Å². The molecule has 0 aliphatic carbocycles. The average molecular weight is 284 g/mol. The number of carbonyl (C=O) groups excluding carboxylic acids is 1. The van der Waals surface area contributed by atoms with Crippen molar-refractivity contribution in [3.05, 3.63) is 53.3 Å². The monoisotopic (exact) mass is 284 g/mol. The smallest absolute Gasteiger partial charge is 0.290 e. The molecule has 0 fully saturated rings. The van der Waals surface area contributed by atoms with Crippen LogP contribution in [0, 0.1) is 0 Å². The summed E-state index contributed by atoms with van der Waals surface area (Å²) in [6, 6.07) is 6.39. The van der Waals surface area contributed by atoms with E-state index in [-0.39, 0.29) is 6.54 Å². The molecule has 5 nitrogen and oxygen atoms in total. The molecule has 1 aromatic carbocycles. The number of rotatable bonds is 3. The Kier molecular flexibility index (Phi) is 3.75. The molecule has 1 amide bonds. The van der Waals surface area contributed by atoms with Gasteiger partial charge in [0.05, 0.1) is 18.3 Å². The predicted octanol–water partition coefficient (Wildman–Crippen LogP) is 1.55. The summed E-state index contributed by atoms with van der Waals surface area (Å²) in [6.07, 6.45) is -2.74. The fourth-order valence-electron chi connectivity index (χ4n) is 1.68. The van der Waals surface area contributed by atoms with E-state index in [1.165, 1.54) is 6.07 Å². The maximum absolute atomic E-state index is 12.4. The highest BCUT2D eigenvalue weighted by Gasteiger charge is 2.32. The number of halogens is 3. The second-order valence-electron chi connectivity index (χ2n) is 4.10. The zero-order valence-electron chi connectivity index (χ0n) is 10.2. The molecule has 0 unspecified atom stereocenters. The van der Waals surface area contributed by atoms with E-state index in [9.17, 15) is 18.0 Å². The number of hydrazine groups is 1. The SMILES string of the molecule is NNC(=O)c1cccc(Cn2cc(C(F)(F)F)cn2)c1. The Balaban J connectivity index is 2.18. The molecule has 2 rings (SSSR count). The number of nitrogens with one attached hydrogen (secondary N) is 1. The van der Waals surface area contributed by atoms with Crippen LogP contribution in [0.3, 0.4) is 0 Å². The lowest BCUT2D eigenvalue weighted by Crippen LogP contribution is -2.30. The van der Waals surface area contributed by atoms with Crippen LogP contribution in [-0.4, -0.2) is 15.7 Å². The van der Waals surface area contributed by atoms with E-state index >= 15 is 0 Å². The molecule has 0 saturated heterocycles. The van der Waals surface area contributed by atoms with Gasteiger partial charge in [0.1, 0.15) is 0 Å². The minimum Gasteiger partial charge on any atom is -0.290 e. The fraction of sp³-hybridized carbons (Fsp3) is 0.167. The Hall–Kier alpha value is -2.35. The molecule has 0 saturated carbocycles. The summed E-state index contributed by atoms with van der Waals surface area (Å²) in [5, 5.41) is 3.64. The summed E-state index contributed by atoms with van der Waals surface area (Å²) in [5.74, 6) is 4.55. The van der Waals surface area contributed by atoms with Crippen molar-refractivity contribution in [2.45, 2.75) is 12.7 Å². The standard InChI is InChI=1S/C12H11F3N4O/c13-12(14,15)10-5-17-19(7-10)6-8-2-1-3-9(4-8)11(20)18-16/h1-5,7H,6,16H2,(H,18,20). The minimum atomic E-state index is -4.42. The van der Waals surface area contributed by atoms with E-state index in [1.807, 2.05) is 5.43 Å². The van der Waals surface area contributed by atoms with Crippen LogP contribution in [0.4, 0.5) is 13.2 Å². The van der Waals surface area contributed by atoms with E-state index in [2.05, 4.69) is 5.10 Å². The van der Waals surface area contributed by atoms with Crippen LogP contribution >= 0.6 is 0 Å². The van der Waals surface area contributed by atoms with Crippen molar-refractivity contribution in [2.24, 2.45) is 5.84 Å². The summed E-state index contributed by atoms with van der Waals surface area (Å²) in [6.45, 7) is 0.127. The van der Waals surface area contributed by atoms with Gasteiger partial charge in [0.2, 0.25) is 0 Å². The van der Waals surface area contributed by atoms with Crippen molar-refractivity contribution < 1.29 is 18.0 Å². The number of hydrogen-bond acceptors (Lipinski definition) is 3. The van der Waals surface area contributed by atoms with Gasteiger partial charge in [-0.25, -0.2) is 5.84 Å². The lowest BCUT2D eigenvalue weighted by Gasteiger charge is -2.05. The predicted molar refractivity (Wildman–Crippen MR) is 64.4 cm³/mol. The van der Waals surface area contributed by atoms with Crippen molar-refractivity contribution in [3.63, 3.8) is 0 Å². The highest BCUT2D eigenvalue weighted by atomic mass is 19.4. The molecule has 20 heavy (non-hydrogen) atoms. The van der Waals surface area contributed by atoms with E-state index in [0.29, 0.717) is 11.1 Å². The van der Waals surface area contributed by atoms with Gasteiger partial charge >= 0.3 is 6.18 Å². The summed E-state index contributed by atoms with van der Waals surface area (Å²) in [4.78, 5) is 11.3. The fourth-order valence-corrected chi connectivity index (χ4v) is 1.68. The Morgan fingerprint density at radius 3 is 2.75 bits per heavy atom. The lowest BCUT2D eigenvalue weighted by atomic mass is 10.1. The van der Waals surface area contributed by atoms with E-state index in [0.717, 1.165) is 17.1 Å². The Bertz CT molecular complexity index is 621. The van der Waals surface area contributed by atoms with Crippen LogP contribution in [0.1, 0.15) is 21.5 Å². The normalized spacial score (nSPS) is 11.4. The molecule has 1 heterocycles. The first-order valence-corrected chi connectivity index (χ1v) is 5.59. The van der Waals surface area contributed by atoms with Gasteiger partial charge in [-0.1, -0.05) is 12.1 Å². The van der Waals surface area contributed by atoms with Gasteiger partial charge < -0.3 is 0 Å². The lowest BCUT2D eigenvalue weighted by molar-refractivity contribution is -0.137. The highest BCUT2D eigenvalue weighted by Crippen LogP contribution is 2.28. The molecule has 8 heteroatoms. The van der Waals surface area contributed by atoms with Crippen LogP contribution in [0.2, 0.25) is 0 Å². The summed E-state index contributed by atoms with van der Waals surface area (Å²) in [7, 11) is 0. The number of aromatic nitrogens is 2. The molecule has 0 bridgehead atoms. The molecule has 106 valence electrons. The van der Waals surface area contributed by atoms with Gasteiger partial charge in [-0.2, -0.15) is 18.3 Å². The third-order valence-corrected chi connectivity index (χ3v) is 2.63. The van der Waals surface area contributed by atoms with Crippen molar-refractivity contribution >= 4 is 5.91 Å². The van der Waals surface area contributed by atoms with Crippen LogP contribution in [0.15, 0.2) is 36.7 Å². The number of benzene rings is 1. The molecular formula is C12H11F3N4O. The summed E-state index contributed by atoms with van der Waals surface area (Å²) >= 11 is 0. The second kappa shape index (κ2) is 5.33. The quantitative estimate of drug-likeness (QED) is 0.510. The first-order chi connectivity index (χ1) is 9.40. The summed E-state index contributed by atoms with van der Waals surface area (Å²) in [5.41, 5.74) is 2.14. The average Bonchev–Trinajstić information content (AvgIpc) is 2.86. The number of amides is 1.